The minimum absolute atomic E-state index is 0.238. The van der Waals surface area contributed by atoms with E-state index in [4.69, 9.17) is 4.98 Å². The summed E-state index contributed by atoms with van der Waals surface area (Å²) < 4.78 is 2.28. The van der Waals surface area contributed by atoms with Gasteiger partial charge >= 0.3 is 5.97 Å². The summed E-state index contributed by atoms with van der Waals surface area (Å²) in [5.41, 5.74) is 2.20. The minimum Gasteiger partial charge on any atom is -0.481 e. The molecule has 0 bridgehead atoms. The second kappa shape index (κ2) is 6.48. The normalized spacial score (nSPS) is 19.6. The lowest BCUT2D eigenvalue weighted by Crippen LogP contribution is -2.38. The number of aryl methyl sites for hydroxylation is 1. The van der Waals surface area contributed by atoms with Crippen LogP contribution >= 0.6 is 0 Å². The molecule has 0 aliphatic carbocycles. The minimum atomic E-state index is -0.674. The maximum absolute atomic E-state index is 11.2. The topological polar surface area (TPSA) is 58.4 Å². The van der Waals surface area contributed by atoms with E-state index in [1.54, 1.807) is 0 Å². The number of rotatable bonds is 5. The number of fused-ring (bicyclic) bond motifs is 1. The summed E-state index contributed by atoms with van der Waals surface area (Å²) >= 11 is 0. The predicted molar refractivity (Wildman–Crippen MR) is 85.7 cm³/mol. The molecule has 22 heavy (non-hydrogen) atoms. The zero-order valence-corrected chi connectivity index (χ0v) is 13.0. The Morgan fingerprint density at radius 1 is 1.41 bits per heavy atom. The van der Waals surface area contributed by atoms with E-state index in [-0.39, 0.29) is 5.92 Å². The second-order valence-electron chi connectivity index (χ2n) is 6.08. The van der Waals surface area contributed by atoms with E-state index in [2.05, 4.69) is 22.5 Å². The molecule has 1 aliphatic rings. The summed E-state index contributed by atoms with van der Waals surface area (Å²) in [6.45, 7) is 5.44. The number of likely N-dealkylation sites (tertiary alicyclic amines) is 1. The fraction of sp³-hybridized carbons (Fsp3) is 0.529. The highest BCUT2D eigenvalue weighted by Gasteiger charge is 2.26. The molecule has 1 aliphatic heterocycles. The average molecular weight is 301 g/mol. The highest BCUT2D eigenvalue weighted by atomic mass is 16.4. The standard InChI is InChI=1S/C17H23N3O2/c1-2-9-20-15-8-4-3-7-14(15)18-16(20)12-19-10-5-6-13(11-19)17(21)22/h3-4,7-8,13H,2,5-6,9-12H2,1H3,(H,21,22). The molecule has 1 atom stereocenters. The summed E-state index contributed by atoms with van der Waals surface area (Å²) in [6, 6.07) is 8.21. The van der Waals surface area contributed by atoms with Crippen LogP contribution in [0.3, 0.4) is 0 Å². The van der Waals surface area contributed by atoms with E-state index < -0.39 is 5.97 Å². The maximum atomic E-state index is 11.2. The Hall–Kier alpha value is -1.88. The van der Waals surface area contributed by atoms with E-state index in [0.717, 1.165) is 50.2 Å². The van der Waals surface area contributed by atoms with Crippen LogP contribution in [0.15, 0.2) is 24.3 Å². The number of carbonyl (C=O) groups is 1. The molecule has 2 heterocycles. The van der Waals surface area contributed by atoms with Gasteiger partial charge in [0.25, 0.3) is 0 Å². The summed E-state index contributed by atoms with van der Waals surface area (Å²) in [5, 5.41) is 9.23. The quantitative estimate of drug-likeness (QED) is 0.922. The summed E-state index contributed by atoms with van der Waals surface area (Å²) in [7, 11) is 0. The number of aromatic nitrogens is 2. The summed E-state index contributed by atoms with van der Waals surface area (Å²) in [4.78, 5) is 18.2. The lowest BCUT2D eigenvalue weighted by atomic mass is 9.98. The van der Waals surface area contributed by atoms with E-state index in [0.29, 0.717) is 6.54 Å². The molecule has 3 rings (SSSR count). The second-order valence-corrected chi connectivity index (χ2v) is 6.08. The van der Waals surface area contributed by atoms with Gasteiger partial charge < -0.3 is 9.67 Å². The number of carboxylic acid groups (broad SMARTS) is 1. The van der Waals surface area contributed by atoms with Gasteiger partial charge in [-0.15, -0.1) is 0 Å². The molecule has 1 unspecified atom stereocenters. The van der Waals surface area contributed by atoms with Crippen molar-refractivity contribution >= 4 is 17.0 Å². The van der Waals surface area contributed by atoms with E-state index in [1.807, 2.05) is 18.2 Å². The SMILES string of the molecule is CCCn1c(CN2CCCC(C(=O)O)C2)nc2ccccc21. The number of imidazole rings is 1. The highest BCUT2D eigenvalue weighted by molar-refractivity contribution is 5.75. The first-order valence-corrected chi connectivity index (χ1v) is 8.08. The van der Waals surface area contributed by atoms with Gasteiger partial charge in [0, 0.05) is 13.1 Å². The van der Waals surface area contributed by atoms with Crippen LogP contribution < -0.4 is 0 Å². The third-order valence-corrected chi connectivity index (χ3v) is 4.40. The fourth-order valence-electron chi connectivity index (χ4n) is 3.32. The molecular weight excluding hydrogens is 278 g/mol. The van der Waals surface area contributed by atoms with Gasteiger partial charge in [-0.05, 0) is 37.9 Å². The van der Waals surface area contributed by atoms with Crippen LogP contribution in [0.5, 0.6) is 0 Å². The molecule has 5 nitrogen and oxygen atoms in total. The van der Waals surface area contributed by atoms with Crippen molar-refractivity contribution in [3.63, 3.8) is 0 Å². The summed E-state index contributed by atoms with van der Waals surface area (Å²) in [6.07, 6.45) is 2.80. The molecular formula is C17H23N3O2. The van der Waals surface area contributed by atoms with Gasteiger partial charge in [0.1, 0.15) is 5.82 Å². The zero-order valence-electron chi connectivity index (χ0n) is 13.0. The van der Waals surface area contributed by atoms with Crippen LogP contribution in [0.1, 0.15) is 32.0 Å². The first kappa shape index (κ1) is 15.0. The lowest BCUT2D eigenvalue weighted by molar-refractivity contribution is -0.143. The van der Waals surface area contributed by atoms with Crippen molar-refractivity contribution in [3.8, 4) is 0 Å². The van der Waals surface area contributed by atoms with Gasteiger partial charge in [0.15, 0.2) is 0 Å². The molecule has 1 fully saturated rings. The number of piperidine rings is 1. The molecule has 0 amide bonds. The molecule has 118 valence electrons. The number of carboxylic acids is 1. The lowest BCUT2D eigenvalue weighted by Gasteiger charge is -2.30. The van der Waals surface area contributed by atoms with E-state index in [9.17, 15) is 9.90 Å². The van der Waals surface area contributed by atoms with Crippen molar-refractivity contribution in [1.82, 2.24) is 14.5 Å². The van der Waals surface area contributed by atoms with Crippen LogP contribution in [-0.4, -0.2) is 38.6 Å². The number of hydrogen-bond donors (Lipinski definition) is 1. The predicted octanol–water partition coefficient (Wildman–Crippen LogP) is 2.74. The van der Waals surface area contributed by atoms with Crippen molar-refractivity contribution in [2.45, 2.75) is 39.3 Å². The van der Waals surface area contributed by atoms with Crippen LogP contribution in [-0.2, 0) is 17.9 Å². The number of hydrogen-bond acceptors (Lipinski definition) is 3. The van der Waals surface area contributed by atoms with E-state index in [1.165, 1.54) is 5.52 Å². The summed E-state index contributed by atoms with van der Waals surface area (Å²) in [5.74, 6) is 0.138. The molecule has 0 spiro atoms. The molecule has 1 aromatic heterocycles. The molecule has 0 radical (unpaired) electrons. The molecule has 5 heteroatoms. The van der Waals surface area contributed by atoms with Crippen molar-refractivity contribution < 1.29 is 9.90 Å². The van der Waals surface area contributed by atoms with Crippen molar-refractivity contribution in [2.24, 2.45) is 5.92 Å². The molecule has 2 aromatic rings. The Morgan fingerprint density at radius 3 is 3.00 bits per heavy atom. The van der Waals surface area contributed by atoms with Crippen LogP contribution in [0.4, 0.5) is 0 Å². The van der Waals surface area contributed by atoms with Gasteiger partial charge in [-0.25, -0.2) is 4.98 Å². The molecule has 1 N–H and O–H groups in total. The van der Waals surface area contributed by atoms with Gasteiger partial charge in [0.05, 0.1) is 23.5 Å². The van der Waals surface area contributed by atoms with Crippen LogP contribution in [0.25, 0.3) is 11.0 Å². The van der Waals surface area contributed by atoms with Crippen LogP contribution in [0, 0.1) is 5.92 Å². The smallest absolute Gasteiger partial charge is 0.307 e. The Balaban J connectivity index is 1.83. The monoisotopic (exact) mass is 301 g/mol. The third kappa shape index (κ3) is 2.99. The Labute approximate surface area is 130 Å². The van der Waals surface area contributed by atoms with Crippen LogP contribution in [0.2, 0.25) is 0 Å². The number of para-hydroxylation sites is 2. The van der Waals surface area contributed by atoms with Gasteiger partial charge in [-0.3, -0.25) is 9.69 Å². The van der Waals surface area contributed by atoms with Crippen molar-refractivity contribution in [2.75, 3.05) is 13.1 Å². The largest absolute Gasteiger partial charge is 0.481 e. The van der Waals surface area contributed by atoms with Gasteiger partial charge in [-0.2, -0.15) is 0 Å². The Morgan fingerprint density at radius 2 is 2.23 bits per heavy atom. The Kier molecular flexibility index (Phi) is 4.43. The average Bonchev–Trinajstić information content (AvgIpc) is 2.86. The number of aliphatic carboxylic acids is 1. The van der Waals surface area contributed by atoms with Gasteiger partial charge in [0.2, 0.25) is 0 Å². The number of nitrogens with zero attached hydrogens (tertiary/aromatic N) is 3. The molecule has 0 saturated carbocycles. The highest BCUT2D eigenvalue weighted by Crippen LogP contribution is 2.21. The fourth-order valence-corrected chi connectivity index (χ4v) is 3.32. The van der Waals surface area contributed by atoms with E-state index >= 15 is 0 Å². The first-order valence-electron chi connectivity index (χ1n) is 8.08. The Bertz CT molecular complexity index is 665. The first-order chi connectivity index (χ1) is 10.7. The molecule has 1 saturated heterocycles. The van der Waals surface area contributed by atoms with Crippen molar-refractivity contribution in [1.29, 1.82) is 0 Å². The molecule has 1 aromatic carbocycles. The third-order valence-electron chi connectivity index (χ3n) is 4.40. The number of benzene rings is 1. The maximum Gasteiger partial charge on any atom is 0.307 e. The van der Waals surface area contributed by atoms with Gasteiger partial charge in [-0.1, -0.05) is 19.1 Å². The van der Waals surface area contributed by atoms with Crippen molar-refractivity contribution in [3.05, 3.63) is 30.1 Å². The zero-order chi connectivity index (χ0) is 15.5.